The average Bonchev–Trinajstić information content (AvgIpc) is 3.22. The lowest BCUT2D eigenvalue weighted by Gasteiger charge is -2.21. The zero-order valence-electron chi connectivity index (χ0n) is 13.6. The topological polar surface area (TPSA) is 83.9 Å². The summed E-state index contributed by atoms with van der Waals surface area (Å²) in [6.07, 6.45) is 4.83. The summed E-state index contributed by atoms with van der Waals surface area (Å²) in [7, 11) is 0. The van der Waals surface area contributed by atoms with Crippen LogP contribution in [0.25, 0.3) is 0 Å². The maximum atomic E-state index is 12.4. The van der Waals surface area contributed by atoms with E-state index in [0.717, 1.165) is 25.0 Å². The van der Waals surface area contributed by atoms with Gasteiger partial charge in [0.05, 0.1) is 17.9 Å². The average molecular weight is 328 g/mol. The molecule has 0 bridgehead atoms. The fourth-order valence-corrected chi connectivity index (χ4v) is 3.29. The summed E-state index contributed by atoms with van der Waals surface area (Å²) < 4.78 is 0. The predicted octanol–water partition coefficient (Wildman–Crippen LogP) is 1.49. The molecule has 24 heavy (non-hydrogen) atoms. The molecule has 3 aliphatic rings. The van der Waals surface area contributed by atoms with E-state index in [9.17, 15) is 9.59 Å². The van der Waals surface area contributed by atoms with Crippen molar-refractivity contribution in [2.24, 2.45) is 11.1 Å². The molecule has 2 amide bonds. The van der Waals surface area contributed by atoms with Crippen molar-refractivity contribution in [1.82, 2.24) is 9.88 Å². The molecule has 1 aliphatic carbocycles. The largest absolute Gasteiger partial charge is 0.386 e. The highest BCUT2D eigenvalue weighted by molar-refractivity contribution is 6.43. The predicted molar refractivity (Wildman–Crippen MR) is 87.4 cm³/mol. The van der Waals surface area contributed by atoms with Gasteiger partial charge in [-0.25, -0.2) is 0 Å². The van der Waals surface area contributed by atoms with Crippen LogP contribution in [0, 0.1) is 12.8 Å². The monoisotopic (exact) mass is 328 g/mol. The van der Waals surface area contributed by atoms with Gasteiger partial charge in [-0.2, -0.15) is 0 Å². The van der Waals surface area contributed by atoms with Gasteiger partial charge < -0.3 is 15.1 Å². The molecule has 3 heterocycles. The molecule has 4 rings (SSSR count). The number of hydrogen-bond acceptors (Lipinski definition) is 5. The van der Waals surface area contributed by atoms with E-state index < -0.39 is 5.60 Å². The maximum absolute atomic E-state index is 12.4. The Bertz CT molecular complexity index is 728. The van der Waals surface area contributed by atoms with Crippen LogP contribution in [-0.2, 0) is 14.4 Å². The number of aromatic nitrogens is 1. The normalized spacial score (nSPS) is 25.5. The molecule has 7 nitrogen and oxygen atoms in total. The van der Waals surface area contributed by atoms with Crippen LogP contribution in [0.4, 0.5) is 5.69 Å². The molecule has 0 radical (unpaired) electrons. The molecule has 2 fully saturated rings. The van der Waals surface area contributed by atoms with Crippen molar-refractivity contribution in [1.29, 1.82) is 0 Å². The molecular formula is C17H20N4O3. The van der Waals surface area contributed by atoms with Gasteiger partial charge >= 0.3 is 0 Å². The van der Waals surface area contributed by atoms with Crippen LogP contribution in [0.15, 0.2) is 23.5 Å². The fraction of sp³-hybridized carbons (Fsp3) is 0.529. The van der Waals surface area contributed by atoms with Crippen LogP contribution in [-0.4, -0.2) is 46.1 Å². The number of aryl methyl sites for hydroxylation is 1. The van der Waals surface area contributed by atoms with E-state index in [4.69, 9.17) is 4.84 Å². The van der Waals surface area contributed by atoms with Gasteiger partial charge in [0.2, 0.25) is 5.91 Å². The van der Waals surface area contributed by atoms with Crippen LogP contribution >= 0.6 is 0 Å². The number of nitrogens with zero attached hydrogens (tertiary/aromatic N) is 3. The summed E-state index contributed by atoms with van der Waals surface area (Å²) in [5, 5.41) is 6.83. The van der Waals surface area contributed by atoms with Crippen molar-refractivity contribution in [3.05, 3.63) is 24.0 Å². The van der Waals surface area contributed by atoms with E-state index in [1.54, 1.807) is 18.3 Å². The molecule has 1 atom stereocenters. The van der Waals surface area contributed by atoms with E-state index in [0.29, 0.717) is 30.9 Å². The minimum Gasteiger partial charge on any atom is -0.386 e. The molecule has 1 aromatic heterocycles. The van der Waals surface area contributed by atoms with Gasteiger partial charge in [0, 0.05) is 31.5 Å². The number of hydrogen-bond donors (Lipinski definition) is 1. The van der Waals surface area contributed by atoms with Crippen LogP contribution < -0.4 is 5.32 Å². The number of pyridine rings is 1. The van der Waals surface area contributed by atoms with Gasteiger partial charge in [-0.3, -0.25) is 14.6 Å². The van der Waals surface area contributed by atoms with Gasteiger partial charge in [0.25, 0.3) is 5.91 Å². The number of amides is 2. The second kappa shape index (κ2) is 5.58. The van der Waals surface area contributed by atoms with Crippen molar-refractivity contribution in [3.63, 3.8) is 0 Å². The van der Waals surface area contributed by atoms with Gasteiger partial charge in [-0.15, -0.1) is 0 Å². The maximum Gasteiger partial charge on any atom is 0.273 e. The second-order valence-corrected chi connectivity index (χ2v) is 6.86. The third-order valence-corrected chi connectivity index (χ3v) is 4.91. The molecule has 2 aliphatic heterocycles. The summed E-state index contributed by atoms with van der Waals surface area (Å²) in [5.41, 5.74) is 1.27. The highest BCUT2D eigenvalue weighted by atomic mass is 16.7. The summed E-state index contributed by atoms with van der Waals surface area (Å²) >= 11 is 0. The molecular weight excluding hydrogens is 308 g/mol. The first-order valence-electron chi connectivity index (χ1n) is 8.33. The van der Waals surface area contributed by atoms with Gasteiger partial charge in [-0.05, 0) is 31.9 Å². The van der Waals surface area contributed by atoms with Crippen molar-refractivity contribution in [2.45, 2.75) is 38.2 Å². The Balaban J connectivity index is 1.38. The SMILES string of the molecule is Cc1ncccc1NC(=O)C1=NOC2(CCN(C(=O)C3CC3)C2)C1. The molecule has 7 heteroatoms. The Labute approximate surface area is 140 Å². The first kappa shape index (κ1) is 15.1. The third kappa shape index (κ3) is 2.74. The lowest BCUT2D eigenvalue weighted by molar-refractivity contribution is -0.132. The van der Waals surface area contributed by atoms with Crippen LogP contribution in [0.3, 0.4) is 0 Å². The van der Waals surface area contributed by atoms with E-state index in [2.05, 4.69) is 15.5 Å². The van der Waals surface area contributed by atoms with Crippen molar-refractivity contribution in [3.8, 4) is 0 Å². The highest BCUT2D eigenvalue weighted by Gasteiger charge is 2.49. The summed E-state index contributed by atoms with van der Waals surface area (Å²) in [5.74, 6) is 0.160. The van der Waals surface area contributed by atoms with Crippen molar-refractivity contribution in [2.75, 3.05) is 18.4 Å². The zero-order valence-corrected chi connectivity index (χ0v) is 13.6. The van der Waals surface area contributed by atoms with Gasteiger partial charge in [0.1, 0.15) is 5.71 Å². The Morgan fingerprint density at radius 2 is 2.25 bits per heavy atom. The van der Waals surface area contributed by atoms with Crippen LogP contribution in [0.5, 0.6) is 0 Å². The summed E-state index contributed by atoms with van der Waals surface area (Å²) in [6, 6.07) is 3.58. The van der Waals surface area contributed by atoms with Crippen LogP contribution in [0.1, 0.15) is 31.4 Å². The second-order valence-electron chi connectivity index (χ2n) is 6.86. The van der Waals surface area contributed by atoms with Crippen molar-refractivity contribution >= 4 is 23.2 Å². The number of anilines is 1. The molecule has 1 unspecified atom stereocenters. The number of nitrogens with one attached hydrogen (secondary N) is 1. The Kier molecular flexibility index (Phi) is 3.51. The first-order chi connectivity index (χ1) is 11.6. The number of oxime groups is 1. The Hall–Kier alpha value is -2.44. The van der Waals surface area contributed by atoms with Gasteiger partial charge in [-0.1, -0.05) is 5.16 Å². The zero-order chi connectivity index (χ0) is 16.7. The van der Waals surface area contributed by atoms with Crippen LogP contribution in [0.2, 0.25) is 0 Å². The fourth-order valence-electron chi connectivity index (χ4n) is 3.29. The van der Waals surface area contributed by atoms with E-state index in [1.807, 2.05) is 11.8 Å². The first-order valence-corrected chi connectivity index (χ1v) is 8.33. The highest BCUT2D eigenvalue weighted by Crippen LogP contribution is 2.38. The van der Waals surface area contributed by atoms with Gasteiger partial charge in [0.15, 0.2) is 5.60 Å². The van der Waals surface area contributed by atoms with E-state index in [1.165, 1.54) is 0 Å². The minimum atomic E-state index is -0.527. The summed E-state index contributed by atoms with van der Waals surface area (Å²) in [4.78, 5) is 36.2. The lowest BCUT2D eigenvalue weighted by Crippen LogP contribution is -2.38. The molecule has 126 valence electrons. The number of carbonyl (C=O) groups excluding carboxylic acids is 2. The Morgan fingerprint density at radius 3 is 3.00 bits per heavy atom. The standard InChI is InChI=1S/C17H20N4O3/c1-11-13(3-2-7-18-11)19-15(22)14-9-17(24-20-14)6-8-21(10-17)16(23)12-4-5-12/h2-3,7,12H,4-6,8-10H2,1H3,(H,19,22). The number of likely N-dealkylation sites (tertiary alicyclic amines) is 1. The van der Waals surface area contributed by atoms with E-state index in [-0.39, 0.29) is 17.7 Å². The Morgan fingerprint density at radius 1 is 1.42 bits per heavy atom. The minimum absolute atomic E-state index is 0.207. The smallest absolute Gasteiger partial charge is 0.273 e. The number of rotatable bonds is 3. The molecule has 0 aromatic carbocycles. The molecule has 1 saturated heterocycles. The quantitative estimate of drug-likeness (QED) is 0.911. The molecule has 1 aromatic rings. The lowest BCUT2D eigenvalue weighted by atomic mass is 9.96. The van der Waals surface area contributed by atoms with E-state index >= 15 is 0 Å². The summed E-state index contributed by atoms with van der Waals surface area (Å²) in [6.45, 7) is 3.04. The number of carbonyl (C=O) groups is 2. The third-order valence-electron chi connectivity index (χ3n) is 4.91. The molecule has 1 saturated carbocycles. The molecule has 1 spiro atoms. The van der Waals surface area contributed by atoms with Crippen molar-refractivity contribution < 1.29 is 14.4 Å². The molecule has 1 N–H and O–H groups in total.